The molecule has 25 heavy (non-hydrogen) atoms. The maximum absolute atomic E-state index is 10.1. The van der Waals surface area contributed by atoms with Crippen molar-refractivity contribution < 1.29 is 14.6 Å². The average Bonchev–Trinajstić information content (AvgIpc) is 2.62. The van der Waals surface area contributed by atoms with Crippen LogP contribution in [0.15, 0.2) is 18.2 Å². The van der Waals surface area contributed by atoms with Crippen LogP contribution in [0, 0.1) is 0 Å². The second-order valence-electron chi connectivity index (χ2n) is 6.85. The van der Waals surface area contributed by atoms with Gasteiger partial charge in [0.05, 0.1) is 13.2 Å². The van der Waals surface area contributed by atoms with E-state index in [1.54, 1.807) is 6.07 Å². The molecule has 1 rings (SSSR count). The van der Waals surface area contributed by atoms with Crippen molar-refractivity contribution in [2.24, 2.45) is 0 Å². The largest absolute Gasteiger partial charge is 0.508 e. The fourth-order valence-corrected chi connectivity index (χ4v) is 2.89. The molecule has 0 heterocycles. The molecular formula is C22H38O3. The Morgan fingerprint density at radius 3 is 1.88 bits per heavy atom. The van der Waals surface area contributed by atoms with Crippen molar-refractivity contribution in [3.8, 4) is 5.75 Å². The number of unbranched alkanes of at least 4 members (excludes halogenated alkanes) is 8. The summed E-state index contributed by atoms with van der Waals surface area (Å²) in [4.78, 5) is 0. The SMILES string of the molecule is CCCCCCCOCc1cccc(O)c1COCCCCCCC. The molecule has 3 heteroatoms. The van der Waals surface area contributed by atoms with Gasteiger partial charge in [-0.15, -0.1) is 0 Å². The molecule has 0 amide bonds. The van der Waals surface area contributed by atoms with E-state index < -0.39 is 0 Å². The Bertz CT molecular complexity index is 431. The number of hydrogen-bond donors (Lipinski definition) is 1. The van der Waals surface area contributed by atoms with Crippen LogP contribution in [0.4, 0.5) is 0 Å². The maximum Gasteiger partial charge on any atom is 0.121 e. The van der Waals surface area contributed by atoms with Crippen molar-refractivity contribution in [3.63, 3.8) is 0 Å². The number of ether oxygens (including phenoxy) is 2. The van der Waals surface area contributed by atoms with Crippen LogP contribution in [0.1, 0.15) is 89.2 Å². The molecule has 0 spiro atoms. The van der Waals surface area contributed by atoms with Gasteiger partial charge in [-0.2, -0.15) is 0 Å². The molecule has 1 aromatic carbocycles. The summed E-state index contributed by atoms with van der Waals surface area (Å²) >= 11 is 0. The number of hydrogen-bond acceptors (Lipinski definition) is 3. The fourth-order valence-electron chi connectivity index (χ4n) is 2.89. The summed E-state index contributed by atoms with van der Waals surface area (Å²) in [6, 6.07) is 5.63. The monoisotopic (exact) mass is 350 g/mol. The highest BCUT2D eigenvalue weighted by Crippen LogP contribution is 2.23. The molecule has 0 aliphatic carbocycles. The van der Waals surface area contributed by atoms with E-state index >= 15 is 0 Å². The van der Waals surface area contributed by atoms with E-state index in [2.05, 4.69) is 13.8 Å². The highest BCUT2D eigenvalue weighted by molar-refractivity contribution is 5.38. The van der Waals surface area contributed by atoms with Gasteiger partial charge in [0.1, 0.15) is 5.75 Å². The van der Waals surface area contributed by atoms with Crippen LogP contribution in [-0.2, 0) is 22.7 Å². The van der Waals surface area contributed by atoms with E-state index in [-0.39, 0.29) is 0 Å². The topological polar surface area (TPSA) is 38.7 Å². The average molecular weight is 351 g/mol. The van der Waals surface area contributed by atoms with Gasteiger partial charge in [0.25, 0.3) is 0 Å². The zero-order chi connectivity index (χ0) is 18.2. The van der Waals surface area contributed by atoms with Gasteiger partial charge in [-0.3, -0.25) is 0 Å². The first-order valence-corrected chi connectivity index (χ1v) is 10.2. The van der Waals surface area contributed by atoms with Crippen LogP contribution in [0.25, 0.3) is 0 Å². The molecule has 0 saturated heterocycles. The Labute approximate surface area is 154 Å². The van der Waals surface area contributed by atoms with Crippen LogP contribution in [0.5, 0.6) is 5.75 Å². The summed E-state index contributed by atoms with van der Waals surface area (Å²) in [5.74, 6) is 0.315. The molecule has 0 unspecified atom stereocenters. The summed E-state index contributed by atoms with van der Waals surface area (Å²) in [6.07, 6.45) is 12.4. The lowest BCUT2D eigenvalue weighted by molar-refractivity contribution is 0.102. The highest BCUT2D eigenvalue weighted by atomic mass is 16.5. The Balaban J connectivity index is 2.26. The van der Waals surface area contributed by atoms with Crippen LogP contribution < -0.4 is 0 Å². The third-order valence-corrected chi connectivity index (χ3v) is 4.54. The third kappa shape index (κ3) is 10.5. The molecule has 0 fully saturated rings. The molecule has 0 bridgehead atoms. The zero-order valence-corrected chi connectivity index (χ0v) is 16.4. The first-order chi connectivity index (χ1) is 12.3. The van der Waals surface area contributed by atoms with Crippen LogP contribution in [-0.4, -0.2) is 18.3 Å². The standard InChI is InChI=1S/C22H38O3/c1-3-5-7-9-11-16-24-18-20-14-13-15-22(23)21(20)19-25-17-12-10-8-6-4-2/h13-15,23H,3-12,16-19H2,1-2H3. The quantitative estimate of drug-likeness (QED) is 0.352. The van der Waals surface area contributed by atoms with Gasteiger partial charge in [-0.25, -0.2) is 0 Å². The van der Waals surface area contributed by atoms with Gasteiger partial charge in [0, 0.05) is 18.8 Å². The highest BCUT2D eigenvalue weighted by Gasteiger charge is 2.08. The molecule has 1 aromatic rings. The number of phenolic OH excluding ortho intramolecular Hbond substituents is 1. The minimum Gasteiger partial charge on any atom is -0.508 e. The van der Waals surface area contributed by atoms with E-state index in [1.165, 1.54) is 51.4 Å². The van der Waals surface area contributed by atoms with Crippen molar-refractivity contribution in [2.75, 3.05) is 13.2 Å². The predicted molar refractivity (Wildman–Crippen MR) is 105 cm³/mol. The molecule has 0 radical (unpaired) electrons. The lowest BCUT2D eigenvalue weighted by Gasteiger charge is -2.12. The fraction of sp³-hybridized carbons (Fsp3) is 0.727. The van der Waals surface area contributed by atoms with Gasteiger partial charge in [-0.1, -0.05) is 77.3 Å². The van der Waals surface area contributed by atoms with Crippen molar-refractivity contribution >= 4 is 0 Å². The minimum absolute atomic E-state index is 0.315. The molecule has 0 aliphatic rings. The second kappa shape index (κ2) is 15.2. The number of rotatable bonds is 16. The third-order valence-electron chi connectivity index (χ3n) is 4.54. The van der Waals surface area contributed by atoms with E-state index in [1.807, 2.05) is 12.1 Å². The van der Waals surface area contributed by atoms with Crippen LogP contribution in [0.3, 0.4) is 0 Å². The van der Waals surface area contributed by atoms with Gasteiger partial charge in [0.15, 0.2) is 0 Å². The first-order valence-electron chi connectivity index (χ1n) is 10.2. The second-order valence-corrected chi connectivity index (χ2v) is 6.85. The van der Waals surface area contributed by atoms with E-state index in [9.17, 15) is 5.11 Å². The molecular weight excluding hydrogens is 312 g/mol. The van der Waals surface area contributed by atoms with Gasteiger partial charge in [-0.05, 0) is 24.5 Å². The van der Waals surface area contributed by atoms with Crippen LogP contribution >= 0.6 is 0 Å². The lowest BCUT2D eigenvalue weighted by atomic mass is 10.1. The Hall–Kier alpha value is -1.06. The van der Waals surface area contributed by atoms with Gasteiger partial charge >= 0.3 is 0 Å². The van der Waals surface area contributed by atoms with E-state index in [0.29, 0.717) is 19.0 Å². The molecule has 1 N–H and O–H groups in total. The summed E-state index contributed by atoms with van der Waals surface area (Å²) in [7, 11) is 0. The molecule has 144 valence electrons. The van der Waals surface area contributed by atoms with E-state index in [4.69, 9.17) is 9.47 Å². The lowest BCUT2D eigenvalue weighted by Crippen LogP contribution is -2.03. The Morgan fingerprint density at radius 2 is 1.28 bits per heavy atom. The van der Waals surface area contributed by atoms with Crippen molar-refractivity contribution in [1.29, 1.82) is 0 Å². The van der Waals surface area contributed by atoms with Gasteiger partial charge in [0.2, 0.25) is 0 Å². The molecule has 0 saturated carbocycles. The normalized spacial score (nSPS) is 11.1. The molecule has 0 atom stereocenters. The predicted octanol–water partition coefficient (Wildman–Crippen LogP) is 6.37. The molecule has 0 aromatic heterocycles. The number of benzene rings is 1. The molecule has 3 nitrogen and oxygen atoms in total. The number of aromatic hydroxyl groups is 1. The summed E-state index contributed by atoms with van der Waals surface area (Å²) in [5.41, 5.74) is 1.92. The maximum atomic E-state index is 10.1. The summed E-state index contributed by atoms with van der Waals surface area (Å²) in [6.45, 7) is 7.02. The first kappa shape index (κ1) is 22.0. The van der Waals surface area contributed by atoms with Crippen molar-refractivity contribution in [2.45, 2.75) is 91.3 Å². The molecule has 0 aliphatic heterocycles. The summed E-state index contributed by atoms with van der Waals surface area (Å²) in [5, 5.41) is 10.1. The van der Waals surface area contributed by atoms with Gasteiger partial charge < -0.3 is 14.6 Å². The zero-order valence-electron chi connectivity index (χ0n) is 16.4. The smallest absolute Gasteiger partial charge is 0.121 e. The van der Waals surface area contributed by atoms with Crippen molar-refractivity contribution in [3.05, 3.63) is 29.3 Å². The van der Waals surface area contributed by atoms with E-state index in [0.717, 1.165) is 37.2 Å². The van der Waals surface area contributed by atoms with Crippen LogP contribution in [0.2, 0.25) is 0 Å². The Morgan fingerprint density at radius 1 is 0.720 bits per heavy atom. The minimum atomic E-state index is 0.315. The van der Waals surface area contributed by atoms with Crippen molar-refractivity contribution in [1.82, 2.24) is 0 Å². The summed E-state index contributed by atoms with van der Waals surface area (Å²) < 4.78 is 11.6. The Kier molecular flexibility index (Phi) is 13.4. The number of phenols is 1.